The first-order valence-corrected chi connectivity index (χ1v) is 9.42. The van der Waals surface area contributed by atoms with Gasteiger partial charge in [-0.05, 0) is 30.7 Å². The molecule has 1 heterocycles. The van der Waals surface area contributed by atoms with Gasteiger partial charge in [-0.25, -0.2) is 4.79 Å². The molecule has 1 aliphatic rings. The number of nitrogens with zero attached hydrogens (tertiary/aromatic N) is 2. The summed E-state index contributed by atoms with van der Waals surface area (Å²) >= 11 is 0. The van der Waals surface area contributed by atoms with Crippen molar-refractivity contribution in [3.05, 3.63) is 35.9 Å². The molecule has 0 bridgehead atoms. The van der Waals surface area contributed by atoms with Crippen molar-refractivity contribution in [3.8, 4) is 0 Å². The van der Waals surface area contributed by atoms with Gasteiger partial charge in [0.25, 0.3) is 0 Å². The first-order valence-electron chi connectivity index (χ1n) is 9.42. The van der Waals surface area contributed by atoms with Gasteiger partial charge in [-0.15, -0.1) is 0 Å². The second kappa shape index (κ2) is 9.57. The third-order valence-electron chi connectivity index (χ3n) is 4.92. The molecule has 2 N–H and O–H groups in total. The molecule has 2 unspecified atom stereocenters. The molecule has 1 fully saturated rings. The van der Waals surface area contributed by atoms with E-state index in [0.29, 0.717) is 26.2 Å². The van der Waals surface area contributed by atoms with Gasteiger partial charge in [-0.2, -0.15) is 0 Å². The Labute approximate surface area is 156 Å². The van der Waals surface area contributed by atoms with E-state index in [-0.39, 0.29) is 30.4 Å². The maximum Gasteiger partial charge on any atom is 0.410 e. The fourth-order valence-electron chi connectivity index (χ4n) is 3.14. The number of carbonyl (C=O) groups excluding carboxylic acids is 2. The van der Waals surface area contributed by atoms with E-state index in [1.54, 1.807) is 4.90 Å². The number of carbonyl (C=O) groups is 2. The first-order chi connectivity index (χ1) is 12.4. The highest BCUT2D eigenvalue weighted by Crippen LogP contribution is 2.19. The van der Waals surface area contributed by atoms with E-state index < -0.39 is 6.04 Å². The summed E-state index contributed by atoms with van der Waals surface area (Å²) in [7, 11) is 0. The molecular formula is C20H31N3O3. The van der Waals surface area contributed by atoms with Crippen molar-refractivity contribution in [2.75, 3.05) is 26.2 Å². The molecular weight excluding hydrogens is 330 g/mol. The van der Waals surface area contributed by atoms with Crippen LogP contribution in [-0.2, 0) is 16.1 Å². The molecule has 0 aliphatic carbocycles. The number of nitrogens with two attached hydrogens (primary N) is 1. The lowest BCUT2D eigenvalue weighted by Gasteiger charge is -2.28. The van der Waals surface area contributed by atoms with E-state index in [1.807, 2.05) is 56.0 Å². The van der Waals surface area contributed by atoms with Crippen LogP contribution in [0.2, 0.25) is 0 Å². The van der Waals surface area contributed by atoms with Crippen LogP contribution in [0.25, 0.3) is 0 Å². The number of amides is 2. The van der Waals surface area contributed by atoms with Gasteiger partial charge in [0.1, 0.15) is 6.61 Å². The van der Waals surface area contributed by atoms with E-state index in [1.165, 1.54) is 0 Å². The molecule has 1 aromatic rings. The Bertz CT molecular complexity index is 591. The second-order valence-electron chi connectivity index (χ2n) is 7.29. The lowest BCUT2D eigenvalue weighted by atomic mass is 10.0. The summed E-state index contributed by atoms with van der Waals surface area (Å²) in [5.74, 6) is 0.375. The molecule has 0 spiro atoms. The highest BCUT2D eigenvalue weighted by atomic mass is 16.6. The van der Waals surface area contributed by atoms with Crippen LogP contribution in [0.1, 0.15) is 32.8 Å². The average molecular weight is 361 g/mol. The predicted molar refractivity (Wildman–Crippen MR) is 101 cm³/mol. The van der Waals surface area contributed by atoms with Crippen LogP contribution < -0.4 is 5.73 Å². The molecule has 26 heavy (non-hydrogen) atoms. The molecule has 1 saturated heterocycles. The molecule has 0 saturated carbocycles. The maximum absolute atomic E-state index is 12.5. The molecule has 1 aliphatic heterocycles. The summed E-state index contributed by atoms with van der Waals surface area (Å²) < 4.78 is 5.40. The Morgan fingerprint density at radius 1 is 1.31 bits per heavy atom. The zero-order valence-electron chi connectivity index (χ0n) is 16.1. The molecule has 6 nitrogen and oxygen atoms in total. The second-order valence-corrected chi connectivity index (χ2v) is 7.29. The normalized spacial score (nSPS) is 18.0. The summed E-state index contributed by atoms with van der Waals surface area (Å²) in [5, 5.41) is 0. The minimum absolute atomic E-state index is 0.00685. The Hall–Kier alpha value is -2.08. The van der Waals surface area contributed by atoms with Crippen LogP contribution in [0, 0.1) is 11.8 Å². The van der Waals surface area contributed by atoms with Crippen molar-refractivity contribution in [2.45, 2.75) is 39.8 Å². The molecule has 0 radical (unpaired) electrons. The van der Waals surface area contributed by atoms with Crippen molar-refractivity contribution in [1.82, 2.24) is 9.80 Å². The van der Waals surface area contributed by atoms with Crippen LogP contribution in [0.4, 0.5) is 4.79 Å². The zero-order chi connectivity index (χ0) is 19.1. The van der Waals surface area contributed by atoms with Crippen LogP contribution in [0.3, 0.4) is 0 Å². The van der Waals surface area contributed by atoms with Crippen LogP contribution in [0.15, 0.2) is 30.3 Å². The van der Waals surface area contributed by atoms with Crippen molar-refractivity contribution in [3.63, 3.8) is 0 Å². The van der Waals surface area contributed by atoms with E-state index >= 15 is 0 Å². The van der Waals surface area contributed by atoms with E-state index in [2.05, 4.69) is 0 Å². The van der Waals surface area contributed by atoms with Gasteiger partial charge >= 0.3 is 6.09 Å². The first kappa shape index (κ1) is 20.2. The average Bonchev–Trinajstić information content (AvgIpc) is 3.12. The maximum atomic E-state index is 12.5. The fourth-order valence-corrected chi connectivity index (χ4v) is 3.14. The highest BCUT2D eigenvalue weighted by molar-refractivity contribution is 5.81. The van der Waals surface area contributed by atoms with Crippen molar-refractivity contribution in [2.24, 2.45) is 17.6 Å². The summed E-state index contributed by atoms with van der Waals surface area (Å²) in [4.78, 5) is 28.3. The Balaban J connectivity index is 1.81. The SMILES string of the molecule is CCN(CC1CCN(C(=O)OCc2ccccc2)C1)C(=O)C(N)C(C)C. The van der Waals surface area contributed by atoms with Gasteiger partial charge in [0.15, 0.2) is 0 Å². The molecule has 144 valence electrons. The summed E-state index contributed by atoms with van der Waals surface area (Å²) in [6.45, 7) is 8.71. The highest BCUT2D eigenvalue weighted by Gasteiger charge is 2.31. The van der Waals surface area contributed by atoms with E-state index in [0.717, 1.165) is 12.0 Å². The van der Waals surface area contributed by atoms with Gasteiger partial charge in [0.05, 0.1) is 6.04 Å². The summed E-state index contributed by atoms with van der Waals surface area (Å²) in [6, 6.07) is 9.18. The molecule has 2 atom stereocenters. The third-order valence-corrected chi connectivity index (χ3v) is 4.92. The van der Waals surface area contributed by atoms with Crippen LogP contribution in [0.5, 0.6) is 0 Å². The minimum Gasteiger partial charge on any atom is -0.445 e. The van der Waals surface area contributed by atoms with Gasteiger partial charge in [-0.3, -0.25) is 4.79 Å². The monoisotopic (exact) mass is 361 g/mol. The summed E-state index contributed by atoms with van der Waals surface area (Å²) in [5.41, 5.74) is 6.98. The minimum atomic E-state index is -0.469. The van der Waals surface area contributed by atoms with Gasteiger partial charge < -0.3 is 20.3 Å². The number of ether oxygens (including phenoxy) is 1. The topological polar surface area (TPSA) is 75.9 Å². The Morgan fingerprint density at radius 3 is 2.62 bits per heavy atom. The van der Waals surface area contributed by atoms with Crippen molar-refractivity contribution >= 4 is 12.0 Å². The fraction of sp³-hybridized carbons (Fsp3) is 0.600. The molecule has 2 amide bonds. The standard InChI is InChI=1S/C20H31N3O3/c1-4-22(19(24)18(21)15(2)3)12-17-10-11-23(13-17)20(25)26-14-16-8-6-5-7-9-16/h5-9,15,17-18H,4,10-14,21H2,1-3H3. The lowest BCUT2D eigenvalue weighted by Crippen LogP contribution is -2.48. The predicted octanol–water partition coefficient (Wildman–Crippen LogP) is 2.48. The molecule has 6 heteroatoms. The smallest absolute Gasteiger partial charge is 0.410 e. The quantitative estimate of drug-likeness (QED) is 0.809. The van der Waals surface area contributed by atoms with E-state index in [9.17, 15) is 9.59 Å². The summed E-state index contributed by atoms with van der Waals surface area (Å²) in [6.07, 6.45) is 0.589. The Morgan fingerprint density at radius 2 is 2.00 bits per heavy atom. The number of hydrogen-bond donors (Lipinski definition) is 1. The van der Waals surface area contributed by atoms with Gasteiger partial charge in [-0.1, -0.05) is 44.2 Å². The Kier molecular flexibility index (Phi) is 7.45. The number of likely N-dealkylation sites (N-methyl/N-ethyl adjacent to an activating group) is 1. The van der Waals surface area contributed by atoms with Crippen LogP contribution >= 0.6 is 0 Å². The molecule has 2 rings (SSSR count). The zero-order valence-corrected chi connectivity index (χ0v) is 16.1. The van der Waals surface area contributed by atoms with Gasteiger partial charge in [0.2, 0.25) is 5.91 Å². The number of benzene rings is 1. The largest absolute Gasteiger partial charge is 0.445 e. The van der Waals surface area contributed by atoms with Gasteiger partial charge in [0, 0.05) is 26.2 Å². The molecule has 0 aromatic heterocycles. The number of hydrogen-bond acceptors (Lipinski definition) is 4. The third kappa shape index (κ3) is 5.46. The number of rotatable bonds is 7. The lowest BCUT2D eigenvalue weighted by molar-refractivity contribution is -0.133. The van der Waals surface area contributed by atoms with E-state index in [4.69, 9.17) is 10.5 Å². The molecule has 1 aromatic carbocycles. The van der Waals surface area contributed by atoms with Crippen molar-refractivity contribution < 1.29 is 14.3 Å². The van der Waals surface area contributed by atoms with Crippen molar-refractivity contribution in [1.29, 1.82) is 0 Å². The number of likely N-dealkylation sites (tertiary alicyclic amines) is 1. The van der Waals surface area contributed by atoms with Crippen LogP contribution in [-0.4, -0.2) is 54.0 Å².